The molecule has 0 spiro atoms. The maximum absolute atomic E-state index is 11.8. The van der Waals surface area contributed by atoms with Crippen molar-refractivity contribution in [3.63, 3.8) is 0 Å². The Kier molecular flexibility index (Phi) is 4.60. The number of Topliss-reactive ketones (excluding diaryl/α,β-unsaturated/α-hetero) is 1. The molecule has 0 radical (unpaired) electrons. The molecule has 0 bridgehead atoms. The van der Waals surface area contributed by atoms with Gasteiger partial charge in [-0.2, -0.15) is 0 Å². The standard InChI is InChI=1S/C18H13Cl2NO3/c19-13-5-1-11(2-6-13)18(12-3-7-14(20)8-4-12)21-10-16(22)15(21)9-17(23)24/h1-9,18H,10H2,(H,23,24)/b15-9+. The van der Waals surface area contributed by atoms with Crippen LogP contribution in [0.1, 0.15) is 17.2 Å². The highest BCUT2D eigenvalue weighted by Gasteiger charge is 2.37. The Labute approximate surface area is 148 Å². The Hall–Kier alpha value is -2.30. The lowest BCUT2D eigenvalue weighted by Crippen LogP contribution is -2.47. The Morgan fingerprint density at radius 3 is 1.83 bits per heavy atom. The first-order valence-corrected chi connectivity index (χ1v) is 7.96. The zero-order chi connectivity index (χ0) is 17.3. The molecule has 4 nitrogen and oxygen atoms in total. The number of ketones is 1. The van der Waals surface area contributed by atoms with Gasteiger partial charge in [-0.1, -0.05) is 47.5 Å². The normalized spacial score (nSPS) is 15.7. The van der Waals surface area contributed by atoms with Gasteiger partial charge in [0.2, 0.25) is 0 Å². The Morgan fingerprint density at radius 2 is 1.46 bits per heavy atom. The summed E-state index contributed by atoms with van der Waals surface area (Å²) < 4.78 is 0. The van der Waals surface area contributed by atoms with Gasteiger partial charge in [0.1, 0.15) is 0 Å². The van der Waals surface area contributed by atoms with E-state index in [1.54, 1.807) is 29.2 Å². The van der Waals surface area contributed by atoms with Crippen molar-refractivity contribution in [2.24, 2.45) is 0 Å². The molecule has 1 aliphatic rings. The highest BCUT2D eigenvalue weighted by atomic mass is 35.5. The Bertz CT molecular complexity index is 768. The summed E-state index contributed by atoms with van der Waals surface area (Å²) in [6.45, 7) is 0.162. The molecule has 3 rings (SSSR count). The van der Waals surface area contributed by atoms with Gasteiger partial charge in [-0.25, -0.2) is 4.79 Å². The number of aliphatic carboxylic acids is 1. The van der Waals surface area contributed by atoms with Crippen LogP contribution in [0.3, 0.4) is 0 Å². The molecular formula is C18H13Cl2NO3. The fourth-order valence-corrected chi connectivity index (χ4v) is 2.99. The fourth-order valence-electron chi connectivity index (χ4n) is 2.74. The summed E-state index contributed by atoms with van der Waals surface area (Å²) in [5, 5.41) is 10.2. The molecule has 1 heterocycles. The second-order valence-corrected chi connectivity index (χ2v) is 6.30. The number of likely N-dealkylation sites (tertiary alicyclic amines) is 1. The number of rotatable bonds is 4. The number of carboxylic acid groups (broad SMARTS) is 1. The van der Waals surface area contributed by atoms with Crippen molar-refractivity contribution in [2.75, 3.05) is 6.54 Å². The lowest BCUT2D eigenvalue weighted by atomic mass is 9.92. The zero-order valence-electron chi connectivity index (χ0n) is 12.4. The lowest BCUT2D eigenvalue weighted by Gasteiger charge is -2.41. The highest BCUT2D eigenvalue weighted by Crippen LogP contribution is 2.37. The van der Waals surface area contributed by atoms with Gasteiger partial charge in [0.25, 0.3) is 0 Å². The van der Waals surface area contributed by atoms with Crippen molar-refractivity contribution in [1.29, 1.82) is 0 Å². The smallest absolute Gasteiger partial charge is 0.330 e. The molecule has 6 heteroatoms. The van der Waals surface area contributed by atoms with E-state index in [0.717, 1.165) is 17.2 Å². The van der Waals surface area contributed by atoms with Crippen LogP contribution in [0.4, 0.5) is 0 Å². The van der Waals surface area contributed by atoms with Crippen molar-refractivity contribution in [3.8, 4) is 0 Å². The van der Waals surface area contributed by atoms with Gasteiger partial charge >= 0.3 is 5.97 Å². The average Bonchev–Trinajstić information content (AvgIpc) is 2.55. The molecule has 24 heavy (non-hydrogen) atoms. The first kappa shape index (κ1) is 16.6. The zero-order valence-corrected chi connectivity index (χ0v) is 14.0. The predicted octanol–water partition coefficient (Wildman–Crippen LogP) is 3.94. The van der Waals surface area contributed by atoms with Crippen LogP contribution in [0.2, 0.25) is 10.0 Å². The molecule has 0 saturated carbocycles. The molecule has 0 unspecified atom stereocenters. The van der Waals surface area contributed by atoms with E-state index in [-0.39, 0.29) is 24.1 Å². The number of carbonyl (C=O) groups is 2. The third kappa shape index (κ3) is 3.30. The van der Waals surface area contributed by atoms with E-state index in [1.807, 2.05) is 24.3 Å². The summed E-state index contributed by atoms with van der Waals surface area (Å²) in [5.41, 5.74) is 2.01. The van der Waals surface area contributed by atoms with E-state index < -0.39 is 5.97 Å². The topological polar surface area (TPSA) is 57.6 Å². The molecular weight excluding hydrogens is 349 g/mol. The van der Waals surface area contributed by atoms with Crippen LogP contribution in [0, 0.1) is 0 Å². The van der Waals surface area contributed by atoms with Crippen LogP contribution in [-0.2, 0) is 9.59 Å². The van der Waals surface area contributed by atoms with Gasteiger partial charge in [-0.3, -0.25) is 4.79 Å². The second kappa shape index (κ2) is 6.67. The van der Waals surface area contributed by atoms with Crippen LogP contribution >= 0.6 is 23.2 Å². The molecule has 0 aromatic heterocycles. The minimum Gasteiger partial charge on any atom is -0.478 e. The monoisotopic (exact) mass is 361 g/mol. The van der Waals surface area contributed by atoms with Crippen molar-refractivity contribution >= 4 is 35.0 Å². The van der Waals surface area contributed by atoms with Gasteiger partial charge in [0, 0.05) is 10.0 Å². The van der Waals surface area contributed by atoms with E-state index in [9.17, 15) is 9.59 Å². The minimum absolute atomic E-state index is 0.162. The summed E-state index contributed by atoms with van der Waals surface area (Å²) in [6, 6.07) is 14.2. The maximum Gasteiger partial charge on any atom is 0.330 e. The number of nitrogens with zero attached hydrogens (tertiary/aromatic N) is 1. The second-order valence-electron chi connectivity index (χ2n) is 5.42. The van der Waals surface area contributed by atoms with Crippen molar-refractivity contribution in [2.45, 2.75) is 6.04 Å². The number of benzene rings is 2. The minimum atomic E-state index is -1.14. The Balaban J connectivity index is 2.05. The number of hydrogen-bond donors (Lipinski definition) is 1. The fraction of sp³-hybridized carbons (Fsp3) is 0.111. The number of carbonyl (C=O) groups excluding carboxylic acids is 1. The highest BCUT2D eigenvalue weighted by molar-refractivity contribution is 6.30. The summed E-state index contributed by atoms with van der Waals surface area (Å²) in [4.78, 5) is 24.6. The third-order valence-electron chi connectivity index (χ3n) is 3.85. The van der Waals surface area contributed by atoms with Crippen molar-refractivity contribution in [1.82, 2.24) is 4.90 Å². The van der Waals surface area contributed by atoms with E-state index in [0.29, 0.717) is 10.0 Å². The molecule has 0 aliphatic carbocycles. The Morgan fingerprint density at radius 1 is 1.00 bits per heavy atom. The molecule has 2 aromatic carbocycles. The van der Waals surface area contributed by atoms with Gasteiger partial charge in [0.15, 0.2) is 5.78 Å². The number of carboxylic acids is 1. The van der Waals surface area contributed by atoms with Gasteiger partial charge < -0.3 is 10.0 Å². The van der Waals surface area contributed by atoms with E-state index in [1.165, 1.54) is 0 Å². The van der Waals surface area contributed by atoms with E-state index in [2.05, 4.69) is 0 Å². The molecule has 1 saturated heterocycles. The molecule has 1 aliphatic heterocycles. The van der Waals surface area contributed by atoms with Crippen LogP contribution in [-0.4, -0.2) is 28.3 Å². The molecule has 122 valence electrons. The number of hydrogen-bond acceptors (Lipinski definition) is 3. The van der Waals surface area contributed by atoms with Crippen molar-refractivity contribution < 1.29 is 14.7 Å². The van der Waals surface area contributed by atoms with Crippen LogP contribution in [0.25, 0.3) is 0 Å². The van der Waals surface area contributed by atoms with Crippen LogP contribution in [0.15, 0.2) is 60.3 Å². The third-order valence-corrected chi connectivity index (χ3v) is 4.36. The quantitative estimate of drug-likeness (QED) is 0.838. The summed E-state index contributed by atoms with van der Waals surface area (Å²) >= 11 is 11.9. The molecule has 2 aromatic rings. The summed E-state index contributed by atoms with van der Waals surface area (Å²) in [7, 11) is 0. The average molecular weight is 362 g/mol. The van der Waals surface area contributed by atoms with Crippen LogP contribution in [0.5, 0.6) is 0 Å². The molecule has 1 fully saturated rings. The summed E-state index contributed by atoms with van der Waals surface area (Å²) in [5.74, 6) is -1.33. The summed E-state index contributed by atoms with van der Waals surface area (Å²) in [6.07, 6.45) is 0.949. The lowest BCUT2D eigenvalue weighted by molar-refractivity contribution is -0.133. The van der Waals surface area contributed by atoms with E-state index >= 15 is 0 Å². The van der Waals surface area contributed by atoms with E-state index in [4.69, 9.17) is 28.3 Å². The first-order valence-electron chi connectivity index (χ1n) is 7.21. The predicted molar refractivity (Wildman–Crippen MR) is 92.2 cm³/mol. The van der Waals surface area contributed by atoms with Crippen molar-refractivity contribution in [3.05, 3.63) is 81.5 Å². The van der Waals surface area contributed by atoms with Gasteiger partial charge in [-0.05, 0) is 35.4 Å². The number of halogens is 2. The van der Waals surface area contributed by atoms with Gasteiger partial charge in [0.05, 0.1) is 24.4 Å². The van der Waals surface area contributed by atoms with Gasteiger partial charge in [-0.15, -0.1) is 0 Å². The molecule has 1 N–H and O–H groups in total. The molecule has 0 amide bonds. The molecule has 0 atom stereocenters. The maximum atomic E-state index is 11.8. The first-order chi connectivity index (χ1) is 11.5. The SMILES string of the molecule is O=C(O)/C=C1\C(=O)CN1C(c1ccc(Cl)cc1)c1ccc(Cl)cc1. The largest absolute Gasteiger partial charge is 0.478 e. The van der Waals surface area contributed by atoms with Crippen LogP contribution < -0.4 is 0 Å².